The summed E-state index contributed by atoms with van der Waals surface area (Å²) < 4.78 is 16.5. The second-order valence-corrected chi connectivity index (χ2v) is 12.6. The van der Waals surface area contributed by atoms with Crippen LogP contribution in [0.15, 0.2) is 60.7 Å². The third-order valence-corrected chi connectivity index (χ3v) is 10.2. The van der Waals surface area contributed by atoms with Crippen molar-refractivity contribution in [2.45, 2.75) is 13.2 Å². The average Bonchev–Trinajstić information content (AvgIpc) is 2.66. The normalized spacial score (nSPS) is 13.8. The molecular formula is C18H25Cl2O6P2+. The Hall–Kier alpha value is -0.360. The van der Waals surface area contributed by atoms with Gasteiger partial charge in [-0.2, -0.15) is 0 Å². The zero-order chi connectivity index (χ0) is 20.5. The van der Waals surface area contributed by atoms with Gasteiger partial charge < -0.3 is 0 Å². The molecule has 0 heterocycles. The second-order valence-electron chi connectivity index (χ2n) is 6.19. The standard InChI is InChI=1S/C18H25Cl2O6P2/c19-11-13-28(22,23,14-12-20)26-27(21,24-15-17-7-3-1-4-8-17)25-16-18-9-5-2-6-10-18/h1-10,21-23H,11-16H2/q+1. The van der Waals surface area contributed by atoms with Gasteiger partial charge >= 0.3 is 176 Å². The van der Waals surface area contributed by atoms with E-state index in [-0.39, 0.29) is 37.3 Å². The topological polar surface area (TPSA) is 88.4 Å². The molecule has 0 aliphatic heterocycles. The Bertz CT molecular complexity index is 667. The Labute approximate surface area is 175 Å². The number of halogens is 2. The van der Waals surface area contributed by atoms with E-state index in [4.69, 9.17) is 36.6 Å². The molecule has 0 unspecified atom stereocenters. The summed E-state index contributed by atoms with van der Waals surface area (Å²) in [7, 11) is -8.97. The number of benzene rings is 2. The van der Waals surface area contributed by atoms with Crippen molar-refractivity contribution in [3.63, 3.8) is 0 Å². The van der Waals surface area contributed by atoms with Crippen LogP contribution < -0.4 is 0 Å². The fourth-order valence-corrected chi connectivity index (χ4v) is 8.89. The van der Waals surface area contributed by atoms with E-state index in [0.29, 0.717) is 0 Å². The minimum atomic E-state index is -4.86. The van der Waals surface area contributed by atoms with E-state index < -0.39 is 15.5 Å². The van der Waals surface area contributed by atoms with Crippen LogP contribution in [0.5, 0.6) is 0 Å². The van der Waals surface area contributed by atoms with E-state index in [1.54, 1.807) is 24.3 Å². The Kier molecular flexibility index (Phi) is 9.06. The van der Waals surface area contributed by atoms with E-state index >= 15 is 0 Å². The van der Waals surface area contributed by atoms with Crippen molar-refractivity contribution in [2.24, 2.45) is 0 Å². The van der Waals surface area contributed by atoms with Gasteiger partial charge in [-0.3, -0.25) is 0 Å². The van der Waals surface area contributed by atoms with E-state index in [2.05, 4.69) is 0 Å². The molecule has 0 bridgehead atoms. The van der Waals surface area contributed by atoms with Gasteiger partial charge in [0.05, 0.1) is 0 Å². The average molecular weight is 470 g/mol. The Morgan fingerprint density at radius 1 is 0.750 bits per heavy atom. The molecule has 2 aromatic carbocycles. The summed E-state index contributed by atoms with van der Waals surface area (Å²) in [5.41, 5.74) is 1.53. The molecule has 6 nitrogen and oxygen atoms in total. The van der Waals surface area contributed by atoms with Crippen molar-refractivity contribution in [2.75, 3.05) is 24.1 Å². The molecule has 0 aliphatic carbocycles. The van der Waals surface area contributed by atoms with Crippen molar-refractivity contribution in [1.82, 2.24) is 0 Å². The fourth-order valence-electron chi connectivity index (χ4n) is 2.32. The molecule has 0 atom stereocenters. The SMILES string of the molecule is O[P+](OCc1ccccc1)(OCc1ccccc1)OP(O)(O)(CCCl)CCCl. The zero-order valence-corrected chi connectivity index (χ0v) is 18.5. The predicted molar refractivity (Wildman–Crippen MR) is 115 cm³/mol. The van der Waals surface area contributed by atoms with Crippen LogP contribution >= 0.6 is 38.7 Å². The summed E-state index contributed by atoms with van der Waals surface area (Å²) in [6, 6.07) is 18.2. The summed E-state index contributed by atoms with van der Waals surface area (Å²) in [6.45, 7) is -0.0672. The van der Waals surface area contributed by atoms with E-state index in [0.717, 1.165) is 11.1 Å². The molecule has 3 N–H and O–H groups in total. The number of hydrogen-bond acceptors (Lipinski definition) is 6. The summed E-state index contributed by atoms with van der Waals surface area (Å²) in [5.74, 6) is -0.168. The molecular weight excluding hydrogens is 445 g/mol. The maximum absolute atomic E-state index is 11.0. The van der Waals surface area contributed by atoms with Crippen LogP contribution in [0.4, 0.5) is 0 Å². The summed E-state index contributed by atoms with van der Waals surface area (Å²) in [6.07, 6.45) is -0.544. The summed E-state index contributed by atoms with van der Waals surface area (Å²) >= 11 is 11.4. The van der Waals surface area contributed by atoms with Crippen LogP contribution in [0.3, 0.4) is 0 Å². The monoisotopic (exact) mass is 469 g/mol. The minimum absolute atomic E-state index is 0.0336. The maximum atomic E-state index is 11.0. The molecule has 0 saturated carbocycles. The number of hydrogen-bond donors (Lipinski definition) is 3. The first-order chi connectivity index (χ1) is 13.3. The van der Waals surface area contributed by atoms with E-state index in [9.17, 15) is 14.7 Å². The molecule has 2 rings (SSSR count). The van der Waals surface area contributed by atoms with Crippen LogP contribution in [0.1, 0.15) is 11.1 Å². The molecule has 0 spiro atoms. The predicted octanol–water partition coefficient (Wildman–Crippen LogP) is 4.87. The molecule has 28 heavy (non-hydrogen) atoms. The van der Waals surface area contributed by atoms with Crippen LogP contribution in [0.2, 0.25) is 0 Å². The van der Waals surface area contributed by atoms with Crippen molar-refractivity contribution in [3.05, 3.63) is 71.8 Å². The Morgan fingerprint density at radius 3 is 1.50 bits per heavy atom. The molecule has 0 aliphatic rings. The molecule has 156 valence electrons. The molecule has 0 amide bonds. The van der Waals surface area contributed by atoms with Crippen molar-refractivity contribution >= 4 is 38.7 Å². The van der Waals surface area contributed by atoms with Crippen molar-refractivity contribution in [3.8, 4) is 0 Å². The molecule has 10 heteroatoms. The molecule has 2 aromatic rings. The summed E-state index contributed by atoms with van der Waals surface area (Å²) in [4.78, 5) is 32.6. The van der Waals surface area contributed by atoms with Gasteiger partial charge in [0.15, 0.2) is 0 Å². The molecule has 0 saturated heterocycles. The zero-order valence-electron chi connectivity index (χ0n) is 15.2. The van der Waals surface area contributed by atoms with Gasteiger partial charge in [-0.15, -0.1) is 0 Å². The van der Waals surface area contributed by atoms with Gasteiger partial charge in [-0.1, -0.05) is 0 Å². The van der Waals surface area contributed by atoms with Gasteiger partial charge in [-0.25, -0.2) is 0 Å². The van der Waals surface area contributed by atoms with Gasteiger partial charge in [-0.05, 0) is 0 Å². The first kappa shape index (κ1) is 23.9. The van der Waals surface area contributed by atoms with E-state index in [1.165, 1.54) is 0 Å². The molecule has 0 fully saturated rings. The Morgan fingerprint density at radius 2 is 1.14 bits per heavy atom. The van der Waals surface area contributed by atoms with Crippen molar-refractivity contribution in [1.29, 1.82) is 0 Å². The van der Waals surface area contributed by atoms with Crippen LogP contribution in [0.25, 0.3) is 0 Å². The van der Waals surface area contributed by atoms with Gasteiger partial charge in [0, 0.05) is 0 Å². The number of alkyl halides is 2. The van der Waals surface area contributed by atoms with Crippen LogP contribution in [0, 0.1) is 0 Å². The van der Waals surface area contributed by atoms with E-state index in [1.807, 2.05) is 36.4 Å². The first-order valence-electron chi connectivity index (χ1n) is 8.60. The van der Waals surface area contributed by atoms with Gasteiger partial charge in [0.1, 0.15) is 0 Å². The third kappa shape index (κ3) is 7.81. The van der Waals surface area contributed by atoms with Crippen LogP contribution in [-0.2, 0) is 26.6 Å². The summed E-state index contributed by atoms with van der Waals surface area (Å²) in [5, 5.41) is 0. The Balaban J connectivity index is 2.20. The third-order valence-electron chi connectivity index (χ3n) is 3.83. The molecule has 0 radical (unpaired) electrons. The second kappa shape index (κ2) is 10.6. The van der Waals surface area contributed by atoms with Gasteiger partial charge in [0.2, 0.25) is 0 Å². The number of rotatable bonds is 12. The first-order valence-corrected chi connectivity index (χ1v) is 13.6. The molecule has 0 aromatic heterocycles. The van der Waals surface area contributed by atoms with Gasteiger partial charge in [0.25, 0.3) is 0 Å². The van der Waals surface area contributed by atoms with Crippen molar-refractivity contribution < 1.29 is 28.0 Å². The quantitative estimate of drug-likeness (QED) is 0.303. The fraction of sp³-hybridized carbons (Fsp3) is 0.333. The van der Waals surface area contributed by atoms with Crippen LogP contribution in [-0.4, -0.2) is 38.8 Å².